The Morgan fingerprint density at radius 3 is 1.97 bits per heavy atom. The second-order valence-corrected chi connectivity index (χ2v) is 11.6. The van der Waals surface area contributed by atoms with Gasteiger partial charge in [0, 0.05) is 33.2 Å². The molecule has 0 saturated carbocycles. The van der Waals surface area contributed by atoms with Crippen LogP contribution in [0.15, 0.2) is 59.5 Å². The number of carbonyl (C=O) groups excluding carboxylic acids is 1. The number of nitrogens with zero attached hydrogens (tertiary/aromatic N) is 3. The van der Waals surface area contributed by atoms with Gasteiger partial charge in [0.15, 0.2) is 0 Å². The van der Waals surface area contributed by atoms with Crippen molar-refractivity contribution in [2.75, 3.05) is 39.5 Å². The van der Waals surface area contributed by atoms with Gasteiger partial charge in [0.1, 0.15) is 6.04 Å². The lowest BCUT2D eigenvalue weighted by atomic mass is 10.1. The number of rotatable bonds is 6. The van der Waals surface area contributed by atoms with Crippen LogP contribution in [0.1, 0.15) is 17.2 Å². The minimum atomic E-state index is -3.65. The quantitative estimate of drug-likeness (QED) is 0.644. The topological polar surface area (TPSA) is 95.1 Å². The molecule has 2 aromatic rings. The molecule has 1 aliphatic rings. The van der Waals surface area contributed by atoms with Crippen LogP contribution in [0.2, 0.25) is 0 Å². The molecule has 1 aliphatic heterocycles. The molecule has 3 rings (SSSR count). The summed E-state index contributed by atoms with van der Waals surface area (Å²) in [6.07, 6.45) is 1.06. The molecule has 0 N–H and O–H groups in total. The first-order valence-corrected chi connectivity index (χ1v) is 13.1. The van der Waals surface area contributed by atoms with Crippen LogP contribution in [0.5, 0.6) is 0 Å². The van der Waals surface area contributed by atoms with E-state index >= 15 is 0 Å². The van der Waals surface area contributed by atoms with E-state index in [1.807, 2.05) is 6.92 Å². The Morgan fingerprint density at radius 1 is 0.903 bits per heavy atom. The summed E-state index contributed by atoms with van der Waals surface area (Å²) in [5.41, 5.74) is 1.53. The molecule has 0 aliphatic carbocycles. The van der Waals surface area contributed by atoms with Crippen molar-refractivity contribution >= 4 is 26.0 Å². The van der Waals surface area contributed by atoms with Crippen molar-refractivity contribution in [3.05, 3.63) is 65.7 Å². The van der Waals surface area contributed by atoms with Gasteiger partial charge in [-0.15, -0.1) is 0 Å². The maximum Gasteiger partial charge on any atom is 0.245 e. The van der Waals surface area contributed by atoms with Crippen molar-refractivity contribution in [3.8, 4) is 0 Å². The first kappa shape index (κ1) is 23.4. The summed E-state index contributed by atoms with van der Waals surface area (Å²) >= 11 is 0. The van der Waals surface area contributed by atoms with Gasteiger partial charge in [-0.25, -0.2) is 16.8 Å². The van der Waals surface area contributed by atoms with E-state index in [0.29, 0.717) is 5.56 Å². The van der Waals surface area contributed by atoms with Crippen molar-refractivity contribution in [2.24, 2.45) is 0 Å². The van der Waals surface area contributed by atoms with Crippen LogP contribution >= 0.6 is 0 Å². The normalized spacial score (nSPS) is 17.0. The molecular weight excluding hydrogens is 438 g/mol. The molecule has 10 heteroatoms. The fourth-order valence-corrected chi connectivity index (χ4v) is 5.53. The number of hydrogen-bond donors (Lipinski definition) is 0. The average molecular weight is 466 g/mol. The second kappa shape index (κ2) is 9.07. The van der Waals surface area contributed by atoms with Crippen LogP contribution in [0.25, 0.3) is 0 Å². The first-order valence-electron chi connectivity index (χ1n) is 9.85. The lowest BCUT2D eigenvalue weighted by Crippen LogP contribution is -2.53. The molecule has 0 bridgehead atoms. The molecular formula is C21H27N3O5S2. The highest BCUT2D eigenvalue weighted by Gasteiger charge is 2.37. The molecule has 168 valence electrons. The summed E-state index contributed by atoms with van der Waals surface area (Å²) < 4.78 is 52.6. The maximum atomic E-state index is 13.3. The number of piperazine rings is 1. The number of amides is 1. The first-order chi connectivity index (χ1) is 14.5. The Balaban J connectivity index is 1.78. The van der Waals surface area contributed by atoms with E-state index in [2.05, 4.69) is 0 Å². The third kappa shape index (κ3) is 5.15. The summed E-state index contributed by atoms with van der Waals surface area (Å²) in [5, 5.41) is 0. The fourth-order valence-electron chi connectivity index (χ4n) is 3.52. The van der Waals surface area contributed by atoms with Gasteiger partial charge < -0.3 is 4.90 Å². The van der Waals surface area contributed by atoms with Gasteiger partial charge in [-0.1, -0.05) is 48.0 Å². The lowest BCUT2D eigenvalue weighted by Gasteiger charge is -2.37. The van der Waals surface area contributed by atoms with Crippen molar-refractivity contribution in [1.29, 1.82) is 0 Å². The number of aryl methyl sites for hydroxylation is 1. The summed E-state index contributed by atoms with van der Waals surface area (Å²) in [6.45, 7) is 2.55. The smallest absolute Gasteiger partial charge is 0.245 e. The van der Waals surface area contributed by atoms with Crippen LogP contribution in [0.3, 0.4) is 0 Å². The molecule has 1 saturated heterocycles. The van der Waals surface area contributed by atoms with E-state index < -0.39 is 26.1 Å². The summed E-state index contributed by atoms with van der Waals surface area (Å²) in [5.74, 6) is -0.369. The molecule has 0 radical (unpaired) electrons. The third-order valence-corrected chi connectivity index (χ3v) is 8.61. The van der Waals surface area contributed by atoms with Gasteiger partial charge in [0.05, 0.1) is 11.2 Å². The van der Waals surface area contributed by atoms with Gasteiger partial charge in [-0.05, 0) is 24.6 Å². The SMILES string of the molecule is Cc1ccc(S(=O)(=O)N2CCN(C(=O)[C@H](c3ccccc3)N(C)S(C)(=O)=O)CC2)cc1. The van der Waals surface area contributed by atoms with Gasteiger partial charge in [-0.2, -0.15) is 8.61 Å². The monoisotopic (exact) mass is 465 g/mol. The van der Waals surface area contributed by atoms with E-state index in [1.54, 1.807) is 54.6 Å². The zero-order valence-electron chi connectivity index (χ0n) is 17.8. The predicted octanol–water partition coefficient (Wildman–Crippen LogP) is 1.46. The average Bonchev–Trinajstić information content (AvgIpc) is 2.74. The van der Waals surface area contributed by atoms with Crippen LogP contribution in [0.4, 0.5) is 0 Å². The fraction of sp³-hybridized carbons (Fsp3) is 0.381. The van der Waals surface area contributed by atoms with E-state index in [1.165, 1.54) is 16.3 Å². The Labute approximate surface area is 184 Å². The van der Waals surface area contributed by atoms with Crippen LogP contribution < -0.4 is 0 Å². The molecule has 1 fully saturated rings. The Kier molecular flexibility index (Phi) is 6.85. The molecule has 31 heavy (non-hydrogen) atoms. The zero-order valence-corrected chi connectivity index (χ0v) is 19.4. The molecule has 2 aromatic carbocycles. The molecule has 0 unspecified atom stereocenters. The zero-order chi connectivity index (χ0) is 22.8. The Morgan fingerprint density at radius 2 is 1.45 bits per heavy atom. The molecule has 1 amide bonds. The number of benzene rings is 2. The van der Waals surface area contributed by atoms with E-state index in [0.717, 1.165) is 16.1 Å². The number of sulfonamides is 2. The lowest BCUT2D eigenvalue weighted by molar-refractivity contribution is -0.136. The van der Waals surface area contributed by atoms with Gasteiger partial charge in [0.2, 0.25) is 26.0 Å². The summed E-state index contributed by atoms with van der Waals surface area (Å²) in [7, 11) is -5.90. The van der Waals surface area contributed by atoms with Crippen LogP contribution in [0, 0.1) is 6.92 Å². The van der Waals surface area contributed by atoms with E-state index in [-0.39, 0.29) is 37.0 Å². The molecule has 1 heterocycles. The maximum absolute atomic E-state index is 13.3. The predicted molar refractivity (Wildman–Crippen MR) is 118 cm³/mol. The highest BCUT2D eigenvalue weighted by Crippen LogP contribution is 2.26. The van der Waals surface area contributed by atoms with Gasteiger partial charge >= 0.3 is 0 Å². The molecule has 0 aromatic heterocycles. The van der Waals surface area contributed by atoms with Gasteiger partial charge in [0.25, 0.3) is 0 Å². The second-order valence-electron chi connectivity index (χ2n) is 7.63. The molecule has 0 spiro atoms. The Bertz CT molecular complexity index is 1130. The van der Waals surface area contributed by atoms with Crippen molar-refractivity contribution in [1.82, 2.24) is 13.5 Å². The third-order valence-electron chi connectivity index (χ3n) is 5.45. The highest BCUT2D eigenvalue weighted by molar-refractivity contribution is 7.89. The number of likely N-dealkylation sites (N-methyl/N-ethyl adjacent to an activating group) is 1. The minimum absolute atomic E-state index is 0.145. The van der Waals surface area contributed by atoms with Crippen LogP contribution in [-0.4, -0.2) is 75.7 Å². The summed E-state index contributed by atoms with van der Waals surface area (Å²) in [6, 6.07) is 14.4. The summed E-state index contributed by atoms with van der Waals surface area (Å²) in [4.78, 5) is 15.1. The molecule has 1 atom stereocenters. The minimum Gasteiger partial charge on any atom is -0.338 e. The largest absolute Gasteiger partial charge is 0.338 e. The van der Waals surface area contributed by atoms with Crippen molar-refractivity contribution in [3.63, 3.8) is 0 Å². The Hall–Kier alpha value is -2.27. The number of hydrogen-bond acceptors (Lipinski definition) is 5. The van der Waals surface area contributed by atoms with Crippen LogP contribution in [-0.2, 0) is 24.8 Å². The van der Waals surface area contributed by atoms with Crippen molar-refractivity contribution in [2.45, 2.75) is 17.9 Å². The van der Waals surface area contributed by atoms with E-state index in [9.17, 15) is 21.6 Å². The molecule has 8 nitrogen and oxygen atoms in total. The van der Waals surface area contributed by atoms with Crippen molar-refractivity contribution < 1.29 is 21.6 Å². The highest BCUT2D eigenvalue weighted by atomic mass is 32.2. The van der Waals surface area contributed by atoms with Gasteiger partial charge in [-0.3, -0.25) is 4.79 Å². The number of carbonyl (C=O) groups is 1. The van der Waals surface area contributed by atoms with E-state index in [4.69, 9.17) is 0 Å². The standard InChI is InChI=1S/C21H27N3O5S2/c1-17-9-11-19(12-10-17)31(28,29)24-15-13-23(14-16-24)21(25)20(22(2)30(3,26)27)18-7-5-4-6-8-18/h4-12,20H,13-16H2,1-3H3/t20-/m0/s1.